The largest absolute Gasteiger partial charge is 0.497 e. The number of rotatable bonds is 4. The van der Waals surface area contributed by atoms with Crippen LogP contribution in [0, 0.1) is 0 Å². The van der Waals surface area contributed by atoms with Crippen molar-refractivity contribution in [2.24, 2.45) is 5.16 Å². The average Bonchev–Trinajstić information content (AvgIpc) is 2.26. The van der Waals surface area contributed by atoms with E-state index in [0.717, 1.165) is 11.3 Å². The third kappa shape index (κ3) is 2.67. The minimum atomic E-state index is 0.681. The van der Waals surface area contributed by atoms with Crippen molar-refractivity contribution in [3.05, 3.63) is 29.8 Å². The van der Waals surface area contributed by atoms with E-state index in [9.17, 15) is 0 Å². The second-order valence-corrected chi connectivity index (χ2v) is 3.57. The van der Waals surface area contributed by atoms with Gasteiger partial charge >= 0.3 is 0 Å². The molecule has 0 fully saturated rings. The van der Waals surface area contributed by atoms with Crippen LogP contribution in [-0.4, -0.2) is 30.0 Å². The molecule has 0 bridgehead atoms. The fourth-order valence-electron chi connectivity index (χ4n) is 1.09. The van der Waals surface area contributed by atoms with Crippen LogP contribution in [0.1, 0.15) is 5.56 Å². The number of nitrogens with zero attached hydrogens (tertiary/aromatic N) is 1. The summed E-state index contributed by atoms with van der Waals surface area (Å²) in [7, 11) is 1.62. The van der Waals surface area contributed by atoms with Crippen LogP contribution in [0.2, 0.25) is 0 Å². The Labute approximate surface area is 87.8 Å². The Bertz CT molecular complexity index is 308. The predicted molar refractivity (Wildman–Crippen MR) is 59.7 cm³/mol. The van der Waals surface area contributed by atoms with Gasteiger partial charge in [-0.15, -0.1) is 0 Å². The molecule has 1 N–H and O–H groups in total. The second kappa shape index (κ2) is 5.54. The van der Waals surface area contributed by atoms with Crippen molar-refractivity contribution in [3.63, 3.8) is 0 Å². The Morgan fingerprint density at radius 3 is 2.50 bits per heavy atom. The molecule has 1 rings (SSSR count). The Hall–Kier alpha value is -1.16. The van der Waals surface area contributed by atoms with Gasteiger partial charge < -0.3 is 9.94 Å². The van der Waals surface area contributed by atoms with Crippen LogP contribution in [0.4, 0.5) is 0 Å². The highest BCUT2D eigenvalue weighted by atomic mass is 32.2. The first-order valence-corrected chi connectivity index (χ1v) is 5.55. The molecule has 0 aromatic heterocycles. The number of oxime groups is 1. The van der Waals surface area contributed by atoms with E-state index in [-0.39, 0.29) is 0 Å². The lowest BCUT2D eigenvalue weighted by atomic mass is 10.1. The van der Waals surface area contributed by atoms with Crippen LogP contribution < -0.4 is 4.74 Å². The molecule has 0 heterocycles. The van der Waals surface area contributed by atoms with E-state index in [1.807, 2.05) is 30.5 Å². The maximum atomic E-state index is 8.78. The minimum Gasteiger partial charge on any atom is -0.497 e. The first-order valence-electron chi connectivity index (χ1n) is 4.16. The average molecular weight is 211 g/mol. The molecule has 0 aliphatic rings. The van der Waals surface area contributed by atoms with Crippen molar-refractivity contribution in [2.75, 3.05) is 19.1 Å². The first kappa shape index (κ1) is 10.9. The zero-order valence-corrected chi connectivity index (χ0v) is 9.04. The number of thioether (sulfide) groups is 1. The zero-order chi connectivity index (χ0) is 10.4. The second-order valence-electron chi connectivity index (χ2n) is 2.71. The summed E-state index contributed by atoms with van der Waals surface area (Å²) in [6.07, 6.45) is 1.97. The van der Waals surface area contributed by atoms with Crippen molar-refractivity contribution in [1.29, 1.82) is 0 Å². The van der Waals surface area contributed by atoms with E-state index < -0.39 is 0 Å². The summed E-state index contributed by atoms with van der Waals surface area (Å²) >= 11 is 1.62. The van der Waals surface area contributed by atoms with Crippen LogP contribution in [0.25, 0.3) is 0 Å². The highest BCUT2D eigenvalue weighted by molar-refractivity contribution is 7.99. The molecule has 0 unspecified atom stereocenters. The molecule has 76 valence electrons. The van der Waals surface area contributed by atoms with Gasteiger partial charge in [0.15, 0.2) is 0 Å². The summed E-state index contributed by atoms with van der Waals surface area (Å²) in [4.78, 5) is 0. The fourth-order valence-corrected chi connectivity index (χ4v) is 1.59. The highest BCUT2D eigenvalue weighted by Crippen LogP contribution is 2.13. The van der Waals surface area contributed by atoms with Crippen LogP contribution in [-0.2, 0) is 0 Å². The Balaban J connectivity index is 2.84. The lowest BCUT2D eigenvalue weighted by molar-refractivity contribution is 0.319. The molecule has 1 aromatic rings. The maximum absolute atomic E-state index is 8.78. The molecule has 14 heavy (non-hydrogen) atoms. The lowest BCUT2D eigenvalue weighted by Crippen LogP contribution is -2.03. The number of benzene rings is 1. The Kier molecular flexibility index (Phi) is 4.32. The van der Waals surface area contributed by atoms with E-state index >= 15 is 0 Å². The summed E-state index contributed by atoms with van der Waals surface area (Å²) in [5, 5.41) is 12.0. The van der Waals surface area contributed by atoms with Crippen LogP contribution >= 0.6 is 11.8 Å². The summed E-state index contributed by atoms with van der Waals surface area (Å²) in [6, 6.07) is 7.45. The van der Waals surface area contributed by atoms with Gasteiger partial charge in [0, 0.05) is 11.3 Å². The predicted octanol–water partition coefficient (Wildman–Crippen LogP) is 2.24. The van der Waals surface area contributed by atoms with E-state index in [0.29, 0.717) is 11.5 Å². The van der Waals surface area contributed by atoms with Gasteiger partial charge in [-0.05, 0) is 30.5 Å². The molecule has 0 spiro atoms. The van der Waals surface area contributed by atoms with Crippen molar-refractivity contribution >= 4 is 17.5 Å². The Morgan fingerprint density at radius 2 is 2.07 bits per heavy atom. The Morgan fingerprint density at radius 1 is 1.43 bits per heavy atom. The molecule has 3 nitrogen and oxygen atoms in total. The van der Waals surface area contributed by atoms with Crippen molar-refractivity contribution in [2.45, 2.75) is 0 Å². The van der Waals surface area contributed by atoms with Crippen molar-refractivity contribution < 1.29 is 9.94 Å². The van der Waals surface area contributed by atoms with Gasteiger partial charge in [0.05, 0.1) is 12.8 Å². The van der Waals surface area contributed by atoms with Gasteiger partial charge in [0.25, 0.3) is 0 Å². The normalized spacial score (nSPS) is 11.4. The monoisotopic (exact) mass is 211 g/mol. The van der Waals surface area contributed by atoms with E-state index in [4.69, 9.17) is 9.94 Å². The van der Waals surface area contributed by atoms with E-state index in [2.05, 4.69) is 5.16 Å². The molecule has 1 aromatic carbocycles. The smallest absolute Gasteiger partial charge is 0.118 e. The molecule has 0 saturated heterocycles. The van der Waals surface area contributed by atoms with Crippen LogP contribution in [0.5, 0.6) is 5.75 Å². The molecule has 0 amide bonds. The van der Waals surface area contributed by atoms with Gasteiger partial charge in [-0.1, -0.05) is 5.16 Å². The molecule has 0 saturated carbocycles. The number of ether oxygens (including phenoxy) is 1. The SMILES string of the molecule is COc1ccc(C(CSC)=NO)cc1. The number of hydrogen-bond acceptors (Lipinski definition) is 4. The molecule has 4 heteroatoms. The van der Waals surface area contributed by atoms with E-state index in [1.165, 1.54) is 0 Å². The minimum absolute atomic E-state index is 0.681. The summed E-state index contributed by atoms with van der Waals surface area (Å²) in [6.45, 7) is 0. The third-order valence-corrected chi connectivity index (χ3v) is 2.39. The summed E-state index contributed by atoms with van der Waals surface area (Å²) in [5.74, 6) is 1.50. The first-order chi connectivity index (χ1) is 6.81. The van der Waals surface area contributed by atoms with Crippen molar-refractivity contribution in [1.82, 2.24) is 0 Å². The molecule has 0 radical (unpaired) electrons. The van der Waals surface area contributed by atoms with Gasteiger partial charge in [0.2, 0.25) is 0 Å². The van der Waals surface area contributed by atoms with E-state index in [1.54, 1.807) is 18.9 Å². The van der Waals surface area contributed by atoms with Gasteiger partial charge in [0.1, 0.15) is 5.75 Å². The topological polar surface area (TPSA) is 41.8 Å². The third-order valence-electron chi connectivity index (χ3n) is 1.83. The van der Waals surface area contributed by atoms with Gasteiger partial charge in [-0.2, -0.15) is 11.8 Å². The zero-order valence-electron chi connectivity index (χ0n) is 8.23. The molecular weight excluding hydrogens is 198 g/mol. The number of hydrogen-bond donors (Lipinski definition) is 1. The fraction of sp³-hybridized carbons (Fsp3) is 0.300. The molecule has 0 aliphatic heterocycles. The quantitative estimate of drug-likeness (QED) is 0.472. The lowest BCUT2D eigenvalue weighted by Gasteiger charge is -2.04. The number of methoxy groups -OCH3 is 1. The van der Waals surface area contributed by atoms with Crippen molar-refractivity contribution in [3.8, 4) is 5.75 Å². The van der Waals surface area contributed by atoms with Crippen LogP contribution in [0.15, 0.2) is 29.4 Å². The molecule has 0 atom stereocenters. The summed E-state index contributed by atoms with van der Waals surface area (Å²) in [5.41, 5.74) is 1.60. The molecule has 0 aliphatic carbocycles. The van der Waals surface area contributed by atoms with Gasteiger partial charge in [-0.3, -0.25) is 0 Å². The molecular formula is C10H13NO2S. The maximum Gasteiger partial charge on any atom is 0.118 e. The summed E-state index contributed by atoms with van der Waals surface area (Å²) < 4.78 is 5.03. The standard InChI is InChI=1S/C10H13NO2S/c1-13-9-5-3-8(4-6-9)10(11-12)7-14-2/h3-6,12H,7H2,1-2H3. The van der Waals surface area contributed by atoms with Crippen LogP contribution in [0.3, 0.4) is 0 Å². The van der Waals surface area contributed by atoms with Gasteiger partial charge in [-0.25, -0.2) is 0 Å². The highest BCUT2D eigenvalue weighted by Gasteiger charge is 2.03.